The number of rotatable bonds is 6. The lowest BCUT2D eigenvalue weighted by Gasteiger charge is -2.32. The van der Waals surface area contributed by atoms with Crippen molar-refractivity contribution in [1.29, 1.82) is 0 Å². The lowest BCUT2D eigenvalue weighted by Crippen LogP contribution is -2.35. The Morgan fingerprint density at radius 1 is 1.38 bits per heavy atom. The smallest absolute Gasteiger partial charge is 0.123 e. The van der Waals surface area contributed by atoms with E-state index in [-0.39, 0.29) is 11.9 Å². The summed E-state index contributed by atoms with van der Waals surface area (Å²) in [5.74, 6) is -0.178. The van der Waals surface area contributed by atoms with Gasteiger partial charge in [-0.15, -0.1) is 0 Å². The van der Waals surface area contributed by atoms with E-state index in [0.29, 0.717) is 12.6 Å². The van der Waals surface area contributed by atoms with Crippen LogP contribution in [0.25, 0.3) is 0 Å². The first-order valence-electron chi connectivity index (χ1n) is 7.42. The molecular formula is C17H21FN2S. The fraction of sp³-hybridized carbons (Fsp3) is 0.412. The van der Waals surface area contributed by atoms with Gasteiger partial charge < -0.3 is 5.73 Å². The van der Waals surface area contributed by atoms with Crippen LogP contribution in [0.1, 0.15) is 35.6 Å². The lowest BCUT2D eigenvalue weighted by atomic mass is 9.99. The molecule has 1 atom stereocenters. The van der Waals surface area contributed by atoms with Gasteiger partial charge in [0.15, 0.2) is 0 Å². The van der Waals surface area contributed by atoms with Crippen LogP contribution in [0.2, 0.25) is 0 Å². The molecule has 0 spiro atoms. The summed E-state index contributed by atoms with van der Waals surface area (Å²) in [6, 6.07) is 7.99. The minimum absolute atomic E-state index is 0.165. The van der Waals surface area contributed by atoms with Gasteiger partial charge in [-0.1, -0.05) is 6.07 Å². The van der Waals surface area contributed by atoms with Gasteiger partial charge >= 0.3 is 0 Å². The molecule has 3 rings (SSSR count). The Labute approximate surface area is 129 Å². The first kappa shape index (κ1) is 14.7. The summed E-state index contributed by atoms with van der Waals surface area (Å²) in [5, 5.41) is 4.31. The second-order valence-corrected chi connectivity index (χ2v) is 6.57. The van der Waals surface area contributed by atoms with Crippen molar-refractivity contribution in [3.05, 3.63) is 57.5 Å². The molecule has 1 aromatic heterocycles. The zero-order chi connectivity index (χ0) is 14.8. The lowest BCUT2D eigenvalue weighted by molar-refractivity contribution is 0.181. The molecule has 0 saturated heterocycles. The second-order valence-electron chi connectivity index (χ2n) is 5.79. The Kier molecular flexibility index (Phi) is 4.38. The van der Waals surface area contributed by atoms with Crippen LogP contribution in [0.3, 0.4) is 0 Å². The van der Waals surface area contributed by atoms with E-state index in [9.17, 15) is 4.39 Å². The van der Waals surface area contributed by atoms with E-state index in [1.165, 1.54) is 18.4 Å². The van der Waals surface area contributed by atoms with Crippen LogP contribution in [-0.4, -0.2) is 17.5 Å². The quantitative estimate of drug-likeness (QED) is 0.878. The number of aryl methyl sites for hydroxylation is 1. The van der Waals surface area contributed by atoms with Gasteiger partial charge in [0, 0.05) is 25.2 Å². The molecule has 112 valence electrons. The van der Waals surface area contributed by atoms with Crippen molar-refractivity contribution >= 4 is 11.3 Å². The molecule has 0 radical (unpaired) electrons. The predicted octanol–water partition coefficient (Wildman–Crippen LogP) is 3.86. The molecule has 21 heavy (non-hydrogen) atoms. The van der Waals surface area contributed by atoms with E-state index in [1.54, 1.807) is 23.5 Å². The fourth-order valence-corrected chi connectivity index (χ4v) is 3.61. The molecule has 2 nitrogen and oxygen atoms in total. The molecule has 1 aliphatic carbocycles. The molecule has 1 fully saturated rings. The zero-order valence-electron chi connectivity index (χ0n) is 12.3. The van der Waals surface area contributed by atoms with E-state index >= 15 is 0 Å². The topological polar surface area (TPSA) is 29.3 Å². The Morgan fingerprint density at radius 2 is 2.19 bits per heavy atom. The van der Waals surface area contributed by atoms with Gasteiger partial charge in [0.25, 0.3) is 0 Å². The third-order valence-corrected chi connectivity index (χ3v) is 4.91. The summed E-state index contributed by atoms with van der Waals surface area (Å²) in [7, 11) is 0. The molecule has 1 heterocycles. The number of hydrogen-bond acceptors (Lipinski definition) is 3. The summed E-state index contributed by atoms with van der Waals surface area (Å²) in [4.78, 5) is 2.49. The predicted molar refractivity (Wildman–Crippen MR) is 85.8 cm³/mol. The monoisotopic (exact) mass is 304 g/mol. The van der Waals surface area contributed by atoms with Crippen molar-refractivity contribution in [2.45, 2.75) is 38.4 Å². The summed E-state index contributed by atoms with van der Waals surface area (Å²) < 4.78 is 13.3. The van der Waals surface area contributed by atoms with Crippen LogP contribution >= 0.6 is 11.3 Å². The molecule has 4 heteroatoms. The molecule has 1 unspecified atom stereocenters. The average Bonchev–Trinajstić information content (AvgIpc) is 3.18. The van der Waals surface area contributed by atoms with Crippen molar-refractivity contribution < 1.29 is 4.39 Å². The summed E-state index contributed by atoms with van der Waals surface area (Å²) in [6.45, 7) is 3.46. The standard InChI is InChI=1S/C17H21FN2S/c1-12-8-14(18)2-5-16(12)17(9-19)20(15-3-4-15)10-13-6-7-21-11-13/h2,5-8,11,15,17H,3-4,9-10,19H2,1H3. The van der Waals surface area contributed by atoms with Crippen LogP contribution < -0.4 is 5.73 Å². The summed E-state index contributed by atoms with van der Waals surface area (Å²) >= 11 is 1.73. The summed E-state index contributed by atoms with van der Waals surface area (Å²) in [5.41, 5.74) is 9.55. The van der Waals surface area contributed by atoms with Gasteiger partial charge in [0.05, 0.1) is 0 Å². The zero-order valence-corrected chi connectivity index (χ0v) is 13.1. The molecule has 0 aliphatic heterocycles. The van der Waals surface area contributed by atoms with Crippen molar-refractivity contribution in [2.75, 3.05) is 6.54 Å². The summed E-state index contributed by atoms with van der Waals surface area (Å²) in [6.07, 6.45) is 2.47. The van der Waals surface area contributed by atoms with Gasteiger partial charge in [-0.05, 0) is 65.4 Å². The maximum absolute atomic E-state index is 13.3. The molecule has 1 aliphatic rings. The number of benzene rings is 1. The average molecular weight is 304 g/mol. The van der Waals surface area contributed by atoms with Gasteiger partial charge in [-0.2, -0.15) is 11.3 Å². The normalized spacial score (nSPS) is 16.4. The fourth-order valence-electron chi connectivity index (χ4n) is 2.95. The highest BCUT2D eigenvalue weighted by Gasteiger charge is 2.34. The van der Waals surface area contributed by atoms with Gasteiger partial charge in [-0.3, -0.25) is 4.90 Å². The number of halogens is 1. The van der Waals surface area contributed by atoms with Crippen molar-refractivity contribution in [1.82, 2.24) is 4.90 Å². The first-order chi connectivity index (χ1) is 10.2. The Balaban J connectivity index is 1.88. The Hall–Kier alpha value is -1.23. The van der Waals surface area contributed by atoms with E-state index in [1.807, 2.05) is 13.0 Å². The molecular weight excluding hydrogens is 283 g/mol. The molecule has 1 aromatic carbocycles. The van der Waals surface area contributed by atoms with E-state index in [0.717, 1.165) is 17.7 Å². The van der Waals surface area contributed by atoms with E-state index < -0.39 is 0 Å². The van der Waals surface area contributed by atoms with Crippen LogP contribution in [-0.2, 0) is 6.54 Å². The first-order valence-corrected chi connectivity index (χ1v) is 8.36. The highest BCUT2D eigenvalue weighted by molar-refractivity contribution is 7.07. The minimum atomic E-state index is -0.178. The van der Waals surface area contributed by atoms with Crippen molar-refractivity contribution in [2.24, 2.45) is 5.73 Å². The maximum atomic E-state index is 13.3. The van der Waals surface area contributed by atoms with Crippen molar-refractivity contribution in [3.8, 4) is 0 Å². The van der Waals surface area contributed by atoms with Crippen LogP contribution in [0.5, 0.6) is 0 Å². The second kappa shape index (κ2) is 6.26. The van der Waals surface area contributed by atoms with Crippen LogP contribution in [0.4, 0.5) is 4.39 Å². The highest BCUT2D eigenvalue weighted by atomic mass is 32.1. The number of thiophene rings is 1. The minimum Gasteiger partial charge on any atom is -0.329 e. The van der Waals surface area contributed by atoms with E-state index in [4.69, 9.17) is 5.73 Å². The van der Waals surface area contributed by atoms with E-state index in [2.05, 4.69) is 21.7 Å². The third kappa shape index (κ3) is 3.34. The SMILES string of the molecule is Cc1cc(F)ccc1C(CN)N(Cc1ccsc1)C1CC1. The molecule has 1 saturated carbocycles. The Bertz CT molecular complexity index is 593. The van der Waals surface area contributed by atoms with Gasteiger partial charge in [0.2, 0.25) is 0 Å². The highest BCUT2D eigenvalue weighted by Crippen LogP contribution is 2.36. The van der Waals surface area contributed by atoms with Crippen molar-refractivity contribution in [3.63, 3.8) is 0 Å². The third-order valence-electron chi connectivity index (χ3n) is 4.18. The molecule has 0 bridgehead atoms. The molecule has 2 N–H and O–H groups in total. The number of hydrogen-bond donors (Lipinski definition) is 1. The Morgan fingerprint density at radius 3 is 2.76 bits per heavy atom. The van der Waals surface area contributed by atoms with Gasteiger partial charge in [-0.25, -0.2) is 4.39 Å². The largest absolute Gasteiger partial charge is 0.329 e. The molecule has 0 amide bonds. The van der Waals surface area contributed by atoms with Crippen LogP contribution in [0.15, 0.2) is 35.0 Å². The maximum Gasteiger partial charge on any atom is 0.123 e. The van der Waals surface area contributed by atoms with Crippen LogP contribution in [0, 0.1) is 12.7 Å². The number of nitrogens with two attached hydrogens (primary N) is 1. The number of nitrogens with zero attached hydrogens (tertiary/aromatic N) is 1. The van der Waals surface area contributed by atoms with Gasteiger partial charge in [0.1, 0.15) is 5.82 Å². The molecule has 2 aromatic rings.